The first kappa shape index (κ1) is 14.3. The van der Waals surface area contributed by atoms with Crippen molar-refractivity contribution in [3.05, 3.63) is 11.8 Å². The Balaban J connectivity index is 2.24. The van der Waals surface area contributed by atoms with Crippen molar-refractivity contribution < 1.29 is 28.5 Å². The Morgan fingerprint density at radius 1 is 1.37 bits per heavy atom. The Kier molecular flexibility index (Phi) is 3.85. The first-order chi connectivity index (χ1) is 8.88. The summed E-state index contributed by atoms with van der Waals surface area (Å²) in [5.74, 6) is -0.760. The van der Waals surface area contributed by atoms with E-state index in [1.54, 1.807) is 7.11 Å². The van der Waals surface area contributed by atoms with E-state index in [0.29, 0.717) is 5.76 Å². The topological polar surface area (TPSA) is 63.2 Å². The smallest absolute Gasteiger partial charge is 0.333 e. The van der Waals surface area contributed by atoms with E-state index in [1.165, 1.54) is 13.2 Å². The molecule has 4 atom stereocenters. The van der Waals surface area contributed by atoms with Crippen molar-refractivity contribution in [1.82, 2.24) is 0 Å². The Morgan fingerprint density at radius 3 is 2.63 bits per heavy atom. The van der Waals surface area contributed by atoms with Gasteiger partial charge < -0.3 is 23.7 Å². The fraction of sp³-hybridized carbons (Fsp3) is 0.769. The minimum absolute atomic E-state index is 0.173. The maximum absolute atomic E-state index is 11.4. The van der Waals surface area contributed by atoms with Gasteiger partial charge in [0, 0.05) is 7.11 Å². The second-order valence-corrected chi connectivity index (χ2v) is 5.11. The molecule has 108 valence electrons. The lowest BCUT2D eigenvalue weighted by Gasteiger charge is -2.25. The third-order valence-corrected chi connectivity index (χ3v) is 3.30. The molecule has 0 amide bonds. The zero-order valence-electron chi connectivity index (χ0n) is 11.8. The van der Waals surface area contributed by atoms with Crippen LogP contribution in [0, 0.1) is 0 Å². The zero-order chi connectivity index (χ0) is 14.2. The summed E-state index contributed by atoms with van der Waals surface area (Å²) in [4.78, 5) is 11.4. The fourth-order valence-electron chi connectivity index (χ4n) is 2.33. The molecule has 0 unspecified atom stereocenters. The highest BCUT2D eigenvalue weighted by atomic mass is 16.8. The second kappa shape index (κ2) is 5.11. The monoisotopic (exact) mass is 272 g/mol. The van der Waals surface area contributed by atoms with Crippen molar-refractivity contribution in [3.8, 4) is 0 Å². The lowest BCUT2D eigenvalue weighted by Crippen LogP contribution is -2.38. The van der Waals surface area contributed by atoms with Crippen molar-refractivity contribution >= 4 is 5.97 Å². The number of methoxy groups -OCH3 is 2. The highest BCUT2D eigenvalue weighted by Crippen LogP contribution is 2.41. The van der Waals surface area contributed by atoms with E-state index in [4.69, 9.17) is 18.9 Å². The molecule has 0 radical (unpaired) electrons. The van der Waals surface area contributed by atoms with Crippen LogP contribution in [0.25, 0.3) is 0 Å². The minimum Gasteiger partial charge on any atom is -0.486 e. The number of hydrogen-bond donors (Lipinski definition) is 0. The number of ether oxygens (including phenoxy) is 5. The SMILES string of the molecule is COC(=O)/C=C1\O[C@@H]([C@@H](C)OC)[C@H]2OC(C)(C)O[C@@H]12. The molecule has 0 aromatic rings. The maximum atomic E-state index is 11.4. The molecule has 2 saturated heterocycles. The van der Waals surface area contributed by atoms with E-state index in [2.05, 4.69) is 4.74 Å². The highest BCUT2D eigenvalue weighted by molar-refractivity contribution is 5.82. The predicted octanol–water partition coefficient (Wildman–Crippen LogP) is 0.997. The van der Waals surface area contributed by atoms with Gasteiger partial charge in [0.25, 0.3) is 0 Å². The molecule has 6 heteroatoms. The average Bonchev–Trinajstić information content (AvgIpc) is 2.83. The van der Waals surface area contributed by atoms with Crippen molar-refractivity contribution in [3.63, 3.8) is 0 Å². The molecule has 2 aliphatic heterocycles. The molecule has 2 fully saturated rings. The molecule has 6 nitrogen and oxygen atoms in total. The van der Waals surface area contributed by atoms with Crippen LogP contribution in [0.3, 0.4) is 0 Å². The summed E-state index contributed by atoms with van der Waals surface area (Å²) in [5.41, 5.74) is 0. The first-order valence-electron chi connectivity index (χ1n) is 6.22. The Hall–Kier alpha value is -1.11. The maximum Gasteiger partial charge on any atom is 0.333 e. The Labute approximate surface area is 112 Å². The van der Waals surface area contributed by atoms with Gasteiger partial charge in [-0.25, -0.2) is 4.79 Å². The average molecular weight is 272 g/mol. The summed E-state index contributed by atoms with van der Waals surface area (Å²) in [6.45, 7) is 5.54. The predicted molar refractivity (Wildman–Crippen MR) is 65.3 cm³/mol. The summed E-state index contributed by atoms with van der Waals surface area (Å²) < 4.78 is 27.2. The minimum atomic E-state index is -0.708. The molecule has 2 aliphatic rings. The van der Waals surface area contributed by atoms with Gasteiger partial charge in [0.05, 0.1) is 19.3 Å². The van der Waals surface area contributed by atoms with Gasteiger partial charge in [0.2, 0.25) is 0 Å². The number of carbonyl (C=O) groups excluding carboxylic acids is 1. The van der Waals surface area contributed by atoms with Crippen molar-refractivity contribution in [2.45, 2.75) is 51.0 Å². The van der Waals surface area contributed by atoms with Gasteiger partial charge in [-0.15, -0.1) is 0 Å². The summed E-state index contributed by atoms with van der Waals surface area (Å²) in [5, 5.41) is 0. The third kappa shape index (κ3) is 2.75. The van der Waals surface area contributed by atoms with Gasteiger partial charge in [-0.1, -0.05) is 0 Å². The van der Waals surface area contributed by atoms with Crippen LogP contribution in [0.15, 0.2) is 11.8 Å². The third-order valence-electron chi connectivity index (χ3n) is 3.30. The van der Waals surface area contributed by atoms with Gasteiger partial charge in [-0.3, -0.25) is 0 Å². The van der Waals surface area contributed by atoms with Crippen LogP contribution in [0.1, 0.15) is 20.8 Å². The van der Waals surface area contributed by atoms with Gasteiger partial charge in [-0.05, 0) is 20.8 Å². The Morgan fingerprint density at radius 2 is 2.05 bits per heavy atom. The summed E-state index contributed by atoms with van der Waals surface area (Å²) in [6.07, 6.45) is 0.115. The van der Waals surface area contributed by atoms with E-state index in [0.717, 1.165) is 0 Å². The number of rotatable bonds is 3. The van der Waals surface area contributed by atoms with Crippen molar-refractivity contribution in [1.29, 1.82) is 0 Å². The van der Waals surface area contributed by atoms with Gasteiger partial charge in [0.15, 0.2) is 11.9 Å². The standard InChI is InChI=1S/C13H20O6/c1-7(15-4)10-12-11(18-13(2,3)19-12)8(17-10)6-9(14)16-5/h6-7,10-12H,1-5H3/b8-6-/t7-,10+,11+,12-/m1/s1. The number of carbonyl (C=O) groups is 1. The van der Waals surface area contributed by atoms with Gasteiger partial charge in [-0.2, -0.15) is 0 Å². The zero-order valence-corrected chi connectivity index (χ0v) is 11.8. The first-order valence-corrected chi connectivity index (χ1v) is 6.22. The molecule has 0 aromatic heterocycles. The molecule has 0 aliphatic carbocycles. The van der Waals surface area contributed by atoms with Crippen molar-refractivity contribution in [2.75, 3.05) is 14.2 Å². The van der Waals surface area contributed by atoms with Crippen LogP contribution in [0.2, 0.25) is 0 Å². The van der Waals surface area contributed by atoms with E-state index in [1.807, 2.05) is 20.8 Å². The molecular weight excluding hydrogens is 252 g/mol. The molecule has 0 bridgehead atoms. The van der Waals surface area contributed by atoms with E-state index >= 15 is 0 Å². The normalized spacial score (nSPS) is 35.8. The molecular formula is C13H20O6. The van der Waals surface area contributed by atoms with Gasteiger partial charge in [0.1, 0.15) is 18.0 Å². The molecule has 0 N–H and O–H groups in total. The lowest BCUT2D eigenvalue weighted by molar-refractivity contribution is -0.176. The molecule has 2 rings (SSSR count). The summed E-state index contributed by atoms with van der Waals surface area (Å²) >= 11 is 0. The number of fused-ring (bicyclic) bond motifs is 1. The van der Waals surface area contributed by atoms with Crippen LogP contribution < -0.4 is 0 Å². The molecule has 0 saturated carbocycles. The molecule has 0 aromatic carbocycles. The quantitative estimate of drug-likeness (QED) is 0.564. The van der Waals surface area contributed by atoms with Crippen LogP contribution in [0.5, 0.6) is 0 Å². The molecule has 0 spiro atoms. The number of hydrogen-bond acceptors (Lipinski definition) is 6. The molecule has 19 heavy (non-hydrogen) atoms. The Bertz CT molecular complexity index is 389. The number of esters is 1. The van der Waals surface area contributed by atoms with E-state index in [9.17, 15) is 4.79 Å². The summed E-state index contributed by atoms with van der Waals surface area (Å²) in [6, 6.07) is 0. The molecule has 2 heterocycles. The summed E-state index contributed by atoms with van der Waals surface area (Å²) in [7, 11) is 2.92. The lowest BCUT2D eigenvalue weighted by atomic mass is 10.1. The van der Waals surface area contributed by atoms with Crippen LogP contribution in [0.4, 0.5) is 0 Å². The van der Waals surface area contributed by atoms with Gasteiger partial charge >= 0.3 is 5.97 Å². The fourth-order valence-corrected chi connectivity index (χ4v) is 2.33. The van der Waals surface area contributed by atoms with Crippen LogP contribution in [-0.4, -0.2) is 50.4 Å². The van der Waals surface area contributed by atoms with Crippen LogP contribution >= 0.6 is 0 Å². The second-order valence-electron chi connectivity index (χ2n) is 5.11. The van der Waals surface area contributed by atoms with Crippen LogP contribution in [-0.2, 0) is 28.5 Å². The largest absolute Gasteiger partial charge is 0.486 e. The van der Waals surface area contributed by atoms with E-state index in [-0.39, 0.29) is 18.3 Å². The van der Waals surface area contributed by atoms with Crippen molar-refractivity contribution in [2.24, 2.45) is 0 Å². The van der Waals surface area contributed by atoms with E-state index < -0.39 is 17.9 Å². The highest BCUT2D eigenvalue weighted by Gasteiger charge is 2.55.